The first-order valence-corrected chi connectivity index (χ1v) is 8.66. The van der Waals surface area contributed by atoms with Gasteiger partial charge in [-0.25, -0.2) is 0 Å². The molecule has 2 nitrogen and oxygen atoms in total. The van der Waals surface area contributed by atoms with E-state index in [1.54, 1.807) is 0 Å². The molecule has 0 saturated carbocycles. The van der Waals surface area contributed by atoms with Crippen LogP contribution in [0.4, 0.5) is 0 Å². The zero-order chi connectivity index (χ0) is 15.5. The third kappa shape index (κ3) is 4.93. The molecule has 0 N–H and O–H groups in total. The average molecular weight is 352 g/mol. The number of carbonyl (C=O) groups is 1. The molecule has 0 amide bonds. The molecule has 1 fully saturated rings. The van der Waals surface area contributed by atoms with E-state index in [0.29, 0.717) is 11.8 Å². The summed E-state index contributed by atoms with van der Waals surface area (Å²) in [5.74, 6) is 1.05. The smallest absolute Gasteiger partial charge is 0.162 e. The molecule has 1 aliphatic heterocycles. The van der Waals surface area contributed by atoms with Crippen LogP contribution in [0.5, 0.6) is 0 Å². The number of hydrogen-bond acceptors (Lipinski definition) is 2. The van der Waals surface area contributed by atoms with E-state index < -0.39 is 0 Å². The summed E-state index contributed by atoms with van der Waals surface area (Å²) in [6.07, 6.45) is 2.91. The second-order valence-electron chi connectivity index (χ2n) is 7.19. The number of hydrogen-bond donors (Lipinski definition) is 0. The van der Waals surface area contributed by atoms with Gasteiger partial charge in [0.1, 0.15) is 0 Å². The Morgan fingerprint density at radius 1 is 1.29 bits per heavy atom. The van der Waals surface area contributed by atoms with E-state index in [2.05, 4.69) is 41.6 Å². The lowest BCUT2D eigenvalue weighted by Crippen LogP contribution is -2.27. The summed E-state index contributed by atoms with van der Waals surface area (Å²) < 4.78 is 1.02. The van der Waals surface area contributed by atoms with Crippen molar-refractivity contribution < 1.29 is 4.79 Å². The van der Waals surface area contributed by atoms with Gasteiger partial charge in [-0.3, -0.25) is 4.79 Å². The van der Waals surface area contributed by atoms with Gasteiger partial charge in [-0.15, -0.1) is 0 Å². The van der Waals surface area contributed by atoms with Crippen LogP contribution in [0.1, 0.15) is 50.4 Å². The molecule has 1 unspecified atom stereocenters. The Balaban J connectivity index is 1.73. The maximum absolute atomic E-state index is 12.1. The molecule has 116 valence electrons. The molecule has 0 aliphatic carbocycles. The number of halogens is 1. The fourth-order valence-corrected chi connectivity index (χ4v) is 3.25. The highest BCUT2D eigenvalue weighted by atomic mass is 79.9. The Bertz CT molecular complexity index is 475. The molecule has 1 aromatic rings. The van der Waals surface area contributed by atoms with Gasteiger partial charge in [-0.1, -0.05) is 48.8 Å². The molecular formula is C18H26BrNO. The first kappa shape index (κ1) is 16.7. The lowest BCUT2D eigenvalue weighted by atomic mass is 9.80. The summed E-state index contributed by atoms with van der Waals surface area (Å²) in [7, 11) is 0. The summed E-state index contributed by atoms with van der Waals surface area (Å²) in [6.45, 7) is 10.4. The summed E-state index contributed by atoms with van der Waals surface area (Å²) >= 11 is 3.40. The average Bonchev–Trinajstić information content (AvgIpc) is 2.88. The Kier molecular flexibility index (Phi) is 5.61. The molecule has 0 radical (unpaired) electrons. The number of carbonyl (C=O) groups excluding carboxylic acids is 1. The number of likely N-dealkylation sites (tertiary alicyclic amines) is 1. The molecular weight excluding hydrogens is 326 g/mol. The maximum atomic E-state index is 12.1. The third-order valence-electron chi connectivity index (χ3n) is 4.54. The first-order valence-electron chi connectivity index (χ1n) is 7.87. The standard InChI is InChI=1S/C18H26BrNO/c1-18(2,3)15-10-12-20(13-15)11-4-5-17(21)14-6-8-16(19)9-7-14/h6-9,15H,4-5,10-13H2,1-3H3. The summed E-state index contributed by atoms with van der Waals surface area (Å²) in [5.41, 5.74) is 1.23. The van der Waals surface area contributed by atoms with Gasteiger partial charge in [0.15, 0.2) is 5.78 Å². The molecule has 1 atom stereocenters. The van der Waals surface area contributed by atoms with E-state index in [0.717, 1.165) is 28.9 Å². The van der Waals surface area contributed by atoms with Crippen molar-refractivity contribution in [3.63, 3.8) is 0 Å². The maximum Gasteiger partial charge on any atom is 0.162 e. The predicted molar refractivity (Wildman–Crippen MR) is 91.7 cm³/mol. The molecule has 3 heteroatoms. The molecule has 21 heavy (non-hydrogen) atoms. The monoisotopic (exact) mass is 351 g/mol. The van der Waals surface area contributed by atoms with Gasteiger partial charge in [0.05, 0.1) is 0 Å². The van der Waals surface area contributed by atoms with E-state index >= 15 is 0 Å². The van der Waals surface area contributed by atoms with Crippen LogP contribution in [-0.2, 0) is 0 Å². The van der Waals surface area contributed by atoms with Crippen LogP contribution in [0.3, 0.4) is 0 Å². The highest BCUT2D eigenvalue weighted by Crippen LogP contribution is 2.33. The number of rotatable bonds is 5. The molecule has 2 rings (SSSR count). The summed E-state index contributed by atoms with van der Waals surface area (Å²) in [4.78, 5) is 14.6. The van der Waals surface area contributed by atoms with E-state index in [1.165, 1.54) is 19.5 Å². The van der Waals surface area contributed by atoms with Crippen molar-refractivity contribution in [3.8, 4) is 0 Å². The zero-order valence-electron chi connectivity index (χ0n) is 13.4. The molecule has 0 spiro atoms. The van der Waals surface area contributed by atoms with Crippen LogP contribution < -0.4 is 0 Å². The van der Waals surface area contributed by atoms with Crippen molar-refractivity contribution in [2.75, 3.05) is 19.6 Å². The van der Waals surface area contributed by atoms with Crippen LogP contribution in [-0.4, -0.2) is 30.3 Å². The topological polar surface area (TPSA) is 20.3 Å². The highest BCUT2D eigenvalue weighted by Gasteiger charge is 2.31. The largest absolute Gasteiger partial charge is 0.303 e. The van der Waals surface area contributed by atoms with Gasteiger partial charge in [0.25, 0.3) is 0 Å². The lowest BCUT2D eigenvalue weighted by Gasteiger charge is -2.27. The normalized spacial score (nSPS) is 19.9. The SMILES string of the molecule is CC(C)(C)C1CCN(CCCC(=O)c2ccc(Br)cc2)C1. The predicted octanol–water partition coefficient (Wildman–Crippen LogP) is 4.78. The van der Waals surface area contributed by atoms with Crippen LogP contribution in [0.25, 0.3) is 0 Å². The van der Waals surface area contributed by atoms with Gasteiger partial charge >= 0.3 is 0 Å². The molecule has 1 aliphatic rings. The van der Waals surface area contributed by atoms with Crippen molar-refractivity contribution >= 4 is 21.7 Å². The van der Waals surface area contributed by atoms with Gasteiger partial charge in [-0.2, -0.15) is 0 Å². The Morgan fingerprint density at radius 2 is 1.95 bits per heavy atom. The molecule has 0 bridgehead atoms. The van der Waals surface area contributed by atoms with Crippen molar-refractivity contribution in [2.24, 2.45) is 11.3 Å². The fourth-order valence-electron chi connectivity index (χ4n) is 2.99. The Labute approximate surface area is 137 Å². The Morgan fingerprint density at radius 3 is 2.52 bits per heavy atom. The number of nitrogens with zero attached hydrogens (tertiary/aromatic N) is 1. The van der Waals surface area contributed by atoms with Crippen LogP contribution in [0.15, 0.2) is 28.7 Å². The quantitative estimate of drug-likeness (QED) is 0.711. The van der Waals surface area contributed by atoms with E-state index in [4.69, 9.17) is 0 Å². The first-order chi connectivity index (χ1) is 9.86. The van der Waals surface area contributed by atoms with Crippen molar-refractivity contribution in [1.82, 2.24) is 4.90 Å². The molecule has 1 aromatic carbocycles. The minimum Gasteiger partial charge on any atom is -0.303 e. The van der Waals surface area contributed by atoms with Crippen LogP contribution in [0.2, 0.25) is 0 Å². The van der Waals surface area contributed by atoms with Gasteiger partial charge in [-0.05, 0) is 49.4 Å². The number of benzene rings is 1. The van der Waals surface area contributed by atoms with Crippen LogP contribution >= 0.6 is 15.9 Å². The van der Waals surface area contributed by atoms with Crippen molar-refractivity contribution in [2.45, 2.75) is 40.0 Å². The number of ketones is 1. The molecule has 1 saturated heterocycles. The minimum absolute atomic E-state index is 0.258. The highest BCUT2D eigenvalue weighted by molar-refractivity contribution is 9.10. The van der Waals surface area contributed by atoms with Gasteiger partial charge < -0.3 is 4.90 Å². The van der Waals surface area contributed by atoms with E-state index in [1.807, 2.05) is 24.3 Å². The summed E-state index contributed by atoms with van der Waals surface area (Å²) in [6, 6.07) is 7.67. The minimum atomic E-state index is 0.258. The third-order valence-corrected chi connectivity index (χ3v) is 5.07. The second kappa shape index (κ2) is 7.06. The second-order valence-corrected chi connectivity index (χ2v) is 8.10. The molecule has 0 aromatic heterocycles. The van der Waals surface area contributed by atoms with Gasteiger partial charge in [0, 0.05) is 23.0 Å². The van der Waals surface area contributed by atoms with Crippen molar-refractivity contribution in [3.05, 3.63) is 34.3 Å². The fraction of sp³-hybridized carbons (Fsp3) is 0.611. The van der Waals surface area contributed by atoms with Gasteiger partial charge in [0.2, 0.25) is 0 Å². The van der Waals surface area contributed by atoms with E-state index in [-0.39, 0.29) is 5.78 Å². The van der Waals surface area contributed by atoms with Crippen LogP contribution in [0, 0.1) is 11.3 Å². The number of Topliss-reactive ketones (excluding diaryl/α,β-unsaturated/α-hetero) is 1. The Hall–Kier alpha value is -0.670. The lowest BCUT2D eigenvalue weighted by molar-refractivity contribution is 0.0975. The zero-order valence-corrected chi connectivity index (χ0v) is 14.9. The summed E-state index contributed by atoms with van der Waals surface area (Å²) in [5, 5.41) is 0. The van der Waals surface area contributed by atoms with E-state index in [9.17, 15) is 4.79 Å². The molecule has 1 heterocycles. The van der Waals surface area contributed by atoms with Crippen molar-refractivity contribution in [1.29, 1.82) is 0 Å².